The van der Waals surface area contributed by atoms with E-state index in [1.807, 2.05) is 6.92 Å². The van der Waals surface area contributed by atoms with E-state index in [0.717, 1.165) is 5.56 Å². The second-order valence-corrected chi connectivity index (χ2v) is 8.66. The number of Topliss-reactive ketones (excluding diaryl/α,β-unsaturated/α-hetero) is 1. The van der Waals surface area contributed by atoms with E-state index in [2.05, 4.69) is 16.9 Å². The van der Waals surface area contributed by atoms with Gasteiger partial charge in [0.05, 0.1) is 5.69 Å². The lowest BCUT2D eigenvalue weighted by Gasteiger charge is -2.14. The van der Waals surface area contributed by atoms with Gasteiger partial charge in [0.1, 0.15) is 5.25 Å². The normalized spacial score (nSPS) is 17.1. The number of carbonyl (C=O) groups is 3. The van der Waals surface area contributed by atoms with E-state index in [0.29, 0.717) is 33.7 Å². The van der Waals surface area contributed by atoms with Gasteiger partial charge in [-0.15, -0.1) is 6.58 Å². The summed E-state index contributed by atoms with van der Waals surface area (Å²) in [5.41, 5.74) is 2.62. The number of nitrogens with zero attached hydrogens (tertiary/aromatic N) is 2. The average Bonchev–Trinajstić information content (AvgIpc) is 2.99. The highest BCUT2D eigenvalue weighted by Crippen LogP contribution is 2.33. The number of nitrogens with one attached hydrogen (secondary N) is 1. The maximum atomic E-state index is 12.9. The van der Waals surface area contributed by atoms with Crippen LogP contribution in [0.4, 0.5) is 11.4 Å². The molecule has 1 atom stereocenters. The van der Waals surface area contributed by atoms with Crippen molar-refractivity contribution in [3.05, 3.63) is 71.3 Å². The second-order valence-electron chi connectivity index (χ2n) is 7.06. The van der Waals surface area contributed by atoms with Crippen molar-refractivity contribution in [2.75, 3.05) is 11.9 Å². The van der Waals surface area contributed by atoms with Gasteiger partial charge < -0.3 is 5.32 Å². The minimum absolute atomic E-state index is 0.0138. The van der Waals surface area contributed by atoms with Gasteiger partial charge in [0, 0.05) is 29.2 Å². The van der Waals surface area contributed by atoms with Crippen LogP contribution in [0.2, 0.25) is 5.02 Å². The molecule has 3 rings (SSSR count). The van der Waals surface area contributed by atoms with Crippen LogP contribution in [0.15, 0.2) is 60.1 Å². The first-order valence-corrected chi connectivity index (χ1v) is 10.9. The van der Waals surface area contributed by atoms with Crippen molar-refractivity contribution < 1.29 is 14.4 Å². The minimum atomic E-state index is -0.595. The molecule has 1 aliphatic rings. The molecule has 1 aliphatic heterocycles. The first-order valence-electron chi connectivity index (χ1n) is 9.63. The standard InChI is InChI=1S/C23H22ClN3O3S/c1-4-10-27-22(30)20(31-23(27)26-19-9-8-17(24)11-14(19)2)13-21(29)25-18-7-5-6-16(12-18)15(3)28/h4-9,11-12,20H,1,10,13H2,2-3H3,(H,25,29)/t20-/m0/s1. The Morgan fingerprint density at radius 1 is 1.29 bits per heavy atom. The molecule has 1 saturated heterocycles. The molecule has 8 heteroatoms. The Balaban J connectivity index is 1.76. The predicted molar refractivity (Wildman–Crippen MR) is 126 cm³/mol. The number of hydrogen-bond acceptors (Lipinski definition) is 5. The number of ketones is 1. The number of halogens is 1. The summed E-state index contributed by atoms with van der Waals surface area (Å²) >= 11 is 7.27. The maximum absolute atomic E-state index is 12.9. The van der Waals surface area contributed by atoms with Crippen LogP contribution in [0.5, 0.6) is 0 Å². The van der Waals surface area contributed by atoms with Crippen molar-refractivity contribution in [2.45, 2.75) is 25.5 Å². The van der Waals surface area contributed by atoms with Gasteiger partial charge in [0.25, 0.3) is 0 Å². The molecule has 2 amide bonds. The molecule has 0 bridgehead atoms. The van der Waals surface area contributed by atoms with Gasteiger partial charge in [-0.05, 0) is 49.7 Å². The molecule has 0 unspecified atom stereocenters. The third kappa shape index (κ3) is 5.62. The van der Waals surface area contributed by atoms with Crippen LogP contribution < -0.4 is 5.32 Å². The fourth-order valence-corrected chi connectivity index (χ4v) is 4.45. The molecule has 0 aromatic heterocycles. The molecule has 1 fully saturated rings. The molecule has 1 heterocycles. The van der Waals surface area contributed by atoms with Crippen LogP contribution in [0.3, 0.4) is 0 Å². The van der Waals surface area contributed by atoms with Gasteiger partial charge in [-0.2, -0.15) is 0 Å². The summed E-state index contributed by atoms with van der Waals surface area (Å²) in [5, 5.41) is 3.30. The largest absolute Gasteiger partial charge is 0.326 e. The van der Waals surface area contributed by atoms with Crippen molar-refractivity contribution in [2.24, 2.45) is 4.99 Å². The summed E-state index contributed by atoms with van der Waals surface area (Å²) in [6.45, 7) is 7.37. The summed E-state index contributed by atoms with van der Waals surface area (Å²) in [5.74, 6) is -0.590. The quantitative estimate of drug-likeness (QED) is 0.470. The van der Waals surface area contributed by atoms with E-state index in [-0.39, 0.29) is 24.0 Å². The molecule has 0 aliphatic carbocycles. The van der Waals surface area contributed by atoms with Gasteiger partial charge in [0.2, 0.25) is 11.8 Å². The van der Waals surface area contributed by atoms with Gasteiger partial charge in [0.15, 0.2) is 11.0 Å². The topological polar surface area (TPSA) is 78.8 Å². The number of hydrogen-bond donors (Lipinski definition) is 1. The van der Waals surface area contributed by atoms with Crippen molar-refractivity contribution in [1.82, 2.24) is 4.90 Å². The van der Waals surface area contributed by atoms with E-state index >= 15 is 0 Å². The first-order chi connectivity index (χ1) is 14.8. The van der Waals surface area contributed by atoms with Crippen LogP contribution in [0.25, 0.3) is 0 Å². The second kappa shape index (κ2) is 9.94. The van der Waals surface area contributed by atoms with Crippen LogP contribution in [-0.4, -0.2) is 39.5 Å². The van der Waals surface area contributed by atoms with Crippen LogP contribution >= 0.6 is 23.4 Å². The molecule has 2 aromatic carbocycles. The zero-order chi connectivity index (χ0) is 22.5. The number of aliphatic imine (C=N–C) groups is 1. The fraction of sp³-hybridized carbons (Fsp3) is 0.217. The van der Waals surface area contributed by atoms with E-state index in [1.54, 1.807) is 48.5 Å². The molecular weight excluding hydrogens is 434 g/mol. The number of aryl methyl sites for hydroxylation is 1. The molecular formula is C23H22ClN3O3S. The maximum Gasteiger partial charge on any atom is 0.242 e. The number of amidine groups is 1. The summed E-state index contributed by atoms with van der Waals surface area (Å²) in [6, 6.07) is 12.0. The highest BCUT2D eigenvalue weighted by molar-refractivity contribution is 8.15. The number of rotatable bonds is 7. The Morgan fingerprint density at radius 2 is 2.06 bits per heavy atom. The van der Waals surface area contributed by atoms with Crippen LogP contribution in [0.1, 0.15) is 29.3 Å². The molecule has 0 spiro atoms. The Bertz CT molecular complexity index is 1080. The SMILES string of the molecule is C=CCN1C(=O)[C@H](CC(=O)Nc2cccc(C(C)=O)c2)SC1=Nc1ccc(Cl)cc1C. The number of amides is 2. The van der Waals surface area contributed by atoms with Crippen molar-refractivity contribution in [1.29, 1.82) is 0 Å². The Hall–Kier alpha value is -2.90. The van der Waals surface area contributed by atoms with E-state index in [9.17, 15) is 14.4 Å². The lowest BCUT2D eigenvalue weighted by Crippen LogP contribution is -2.33. The molecule has 0 radical (unpaired) electrons. The smallest absolute Gasteiger partial charge is 0.242 e. The molecule has 2 aromatic rings. The van der Waals surface area contributed by atoms with Gasteiger partial charge in [-0.3, -0.25) is 19.3 Å². The lowest BCUT2D eigenvalue weighted by molar-refractivity contribution is -0.127. The summed E-state index contributed by atoms with van der Waals surface area (Å²) in [4.78, 5) is 43.2. The summed E-state index contributed by atoms with van der Waals surface area (Å²) in [7, 11) is 0. The van der Waals surface area contributed by atoms with Crippen LogP contribution in [-0.2, 0) is 9.59 Å². The zero-order valence-electron chi connectivity index (χ0n) is 17.2. The van der Waals surface area contributed by atoms with Crippen molar-refractivity contribution >= 4 is 57.5 Å². The molecule has 0 saturated carbocycles. The highest BCUT2D eigenvalue weighted by atomic mass is 35.5. The Morgan fingerprint density at radius 3 is 2.74 bits per heavy atom. The minimum Gasteiger partial charge on any atom is -0.326 e. The fourth-order valence-electron chi connectivity index (χ4n) is 3.07. The molecule has 31 heavy (non-hydrogen) atoms. The number of anilines is 1. The van der Waals surface area contributed by atoms with E-state index in [4.69, 9.17) is 11.6 Å². The zero-order valence-corrected chi connectivity index (χ0v) is 18.8. The third-order valence-corrected chi connectivity index (χ3v) is 6.04. The Kier molecular flexibility index (Phi) is 7.30. The van der Waals surface area contributed by atoms with E-state index < -0.39 is 5.25 Å². The summed E-state index contributed by atoms with van der Waals surface area (Å²) in [6.07, 6.45) is 1.61. The average molecular weight is 456 g/mol. The van der Waals surface area contributed by atoms with Crippen molar-refractivity contribution in [3.8, 4) is 0 Å². The molecule has 160 valence electrons. The monoisotopic (exact) mass is 455 g/mol. The highest BCUT2D eigenvalue weighted by Gasteiger charge is 2.38. The molecule has 1 N–H and O–H groups in total. The number of carbonyl (C=O) groups excluding carboxylic acids is 3. The number of thioether (sulfide) groups is 1. The van der Waals surface area contributed by atoms with Crippen molar-refractivity contribution in [3.63, 3.8) is 0 Å². The predicted octanol–water partition coefficient (Wildman–Crippen LogP) is 5.00. The number of benzene rings is 2. The molecule has 6 nitrogen and oxygen atoms in total. The Labute approximate surface area is 190 Å². The first kappa shape index (κ1) is 22.8. The lowest BCUT2D eigenvalue weighted by atomic mass is 10.1. The van der Waals surface area contributed by atoms with E-state index in [1.165, 1.54) is 23.6 Å². The van der Waals surface area contributed by atoms with Gasteiger partial charge in [-0.1, -0.05) is 41.6 Å². The van der Waals surface area contributed by atoms with Gasteiger partial charge in [-0.25, -0.2) is 4.99 Å². The summed E-state index contributed by atoms with van der Waals surface area (Å²) < 4.78 is 0. The van der Waals surface area contributed by atoms with Gasteiger partial charge >= 0.3 is 0 Å². The third-order valence-electron chi connectivity index (χ3n) is 4.63. The van der Waals surface area contributed by atoms with Crippen LogP contribution in [0, 0.1) is 6.92 Å².